The number of hydrogen-bond acceptors (Lipinski definition) is 4. The molecule has 0 aromatic heterocycles. The van der Waals surface area contributed by atoms with E-state index in [4.69, 9.17) is 14.2 Å². The van der Waals surface area contributed by atoms with Crippen molar-refractivity contribution in [2.75, 3.05) is 19.7 Å². The predicted octanol–water partition coefficient (Wildman–Crippen LogP) is 3.72. The Morgan fingerprint density at radius 1 is 1.08 bits per heavy atom. The Balaban J connectivity index is 1.92. The van der Waals surface area contributed by atoms with Crippen LogP contribution < -0.4 is 14.8 Å². The summed E-state index contributed by atoms with van der Waals surface area (Å²) in [6, 6.07) is 14.5. The molecule has 3 rings (SSSR count). The Morgan fingerprint density at radius 2 is 1.88 bits per heavy atom. The van der Waals surface area contributed by atoms with Gasteiger partial charge in [0, 0.05) is 13.1 Å². The summed E-state index contributed by atoms with van der Waals surface area (Å²) in [7, 11) is 0. The van der Waals surface area contributed by atoms with Gasteiger partial charge >= 0.3 is 0 Å². The predicted molar refractivity (Wildman–Crippen MR) is 94.6 cm³/mol. The van der Waals surface area contributed by atoms with Crippen LogP contribution in [-0.2, 0) is 4.74 Å². The largest absolute Gasteiger partial charge is 0.487 e. The molecule has 4 nitrogen and oxygen atoms in total. The molecule has 134 valence electrons. The van der Waals surface area contributed by atoms with Gasteiger partial charge < -0.3 is 19.5 Å². The molecule has 1 saturated heterocycles. The van der Waals surface area contributed by atoms with Gasteiger partial charge in [0.2, 0.25) is 0 Å². The van der Waals surface area contributed by atoms with Gasteiger partial charge in [0.05, 0.1) is 12.7 Å². The minimum atomic E-state index is -0.442. The first-order valence-electron chi connectivity index (χ1n) is 8.64. The standard InChI is InChI=1S/C20H24FNO3/c1-14(2)24-17-10-6-9-16(21)20(17)25-19(15-7-4-3-5-8-15)18-13-22-11-12-23-18/h3-10,14,18-19,22H,11-13H2,1-2H3/t18-,19?/m0/s1. The minimum absolute atomic E-state index is 0.0769. The van der Waals surface area contributed by atoms with Gasteiger partial charge in [-0.3, -0.25) is 0 Å². The lowest BCUT2D eigenvalue weighted by molar-refractivity contribution is -0.0451. The molecule has 2 atom stereocenters. The Morgan fingerprint density at radius 3 is 2.56 bits per heavy atom. The maximum atomic E-state index is 14.5. The maximum Gasteiger partial charge on any atom is 0.197 e. The Hall–Kier alpha value is -2.11. The molecule has 1 fully saturated rings. The summed E-state index contributed by atoms with van der Waals surface area (Å²) < 4.78 is 32.2. The minimum Gasteiger partial charge on any atom is -0.487 e. The molecule has 0 amide bonds. The van der Waals surface area contributed by atoms with Crippen molar-refractivity contribution < 1.29 is 18.6 Å². The van der Waals surface area contributed by atoms with Gasteiger partial charge in [-0.05, 0) is 31.5 Å². The van der Waals surface area contributed by atoms with Crippen LogP contribution >= 0.6 is 0 Å². The van der Waals surface area contributed by atoms with Crippen molar-refractivity contribution in [1.82, 2.24) is 5.32 Å². The summed E-state index contributed by atoms with van der Waals surface area (Å²) in [5.41, 5.74) is 0.940. The van der Waals surface area contributed by atoms with E-state index in [1.54, 1.807) is 12.1 Å². The molecule has 25 heavy (non-hydrogen) atoms. The molecule has 1 aliphatic rings. The van der Waals surface area contributed by atoms with E-state index in [1.807, 2.05) is 44.2 Å². The number of morpholine rings is 1. The van der Waals surface area contributed by atoms with E-state index in [0.717, 1.165) is 12.1 Å². The smallest absolute Gasteiger partial charge is 0.197 e. The first-order chi connectivity index (χ1) is 12.1. The van der Waals surface area contributed by atoms with E-state index in [1.165, 1.54) is 6.07 Å². The summed E-state index contributed by atoms with van der Waals surface area (Å²) in [5, 5.41) is 3.30. The van der Waals surface area contributed by atoms with Crippen LogP contribution in [0.2, 0.25) is 0 Å². The average molecular weight is 345 g/mol. The Kier molecular flexibility index (Phi) is 5.89. The van der Waals surface area contributed by atoms with Crippen LogP contribution in [-0.4, -0.2) is 31.9 Å². The molecule has 0 bridgehead atoms. The zero-order valence-electron chi connectivity index (χ0n) is 14.6. The molecule has 0 spiro atoms. The van der Waals surface area contributed by atoms with E-state index in [2.05, 4.69) is 5.32 Å². The summed E-state index contributed by atoms with van der Waals surface area (Å²) in [6.45, 7) is 5.85. The van der Waals surface area contributed by atoms with Crippen LogP contribution in [0, 0.1) is 5.82 Å². The third kappa shape index (κ3) is 4.50. The fourth-order valence-electron chi connectivity index (χ4n) is 2.86. The lowest BCUT2D eigenvalue weighted by atomic mass is 10.0. The molecular weight excluding hydrogens is 321 g/mol. The molecule has 1 aliphatic heterocycles. The SMILES string of the molecule is CC(C)Oc1cccc(F)c1OC(c1ccccc1)[C@@H]1CNCCO1. The van der Waals surface area contributed by atoms with Crippen molar-refractivity contribution in [3.63, 3.8) is 0 Å². The zero-order chi connectivity index (χ0) is 17.6. The lowest BCUT2D eigenvalue weighted by Gasteiger charge is -2.32. The first-order valence-corrected chi connectivity index (χ1v) is 8.64. The topological polar surface area (TPSA) is 39.7 Å². The number of benzene rings is 2. The van der Waals surface area contributed by atoms with Crippen molar-refractivity contribution in [3.05, 3.63) is 59.9 Å². The summed E-state index contributed by atoms with van der Waals surface area (Å²) in [4.78, 5) is 0. The van der Waals surface area contributed by atoms with Crippen LogP contribution in [0.1, 0.15) is 25.5 Å². The highest BCUT2D eigenvalue weighted by molar-refractivity contribution is 5.42. The van der Waals surface area contributed by atoms with Crippen LogP contribution in [0.5, 0.6) is 11.5 Å². The molecule has 2 aromatic rings. The molecule has 5 heteroatoms. The summed E-state index contributed by atoms with van der Waals surface area (Å²) in [5.74, 6) is 0.0850. The third-order valence-electron chi connectivity index (χ3n) is 3.96. The zero-order valence-corrected chi connectivity index (χ0v) is 14.6. The molecule has 0 saturated carbocycles. The summed E-state index contributed by atoms with van der Waals surface area (Å²) in [6.07, 6.45) is -0.713. The molecule has 2 aromatic carbocycles. The van der Waals surface area contributed by atoms with Gasteiger partial charge in [-0.25, -0.2) is 4.39 Å². The monoisotopic (exact) mass is 345 g/mol. The van der Waals surface area contributed by atoms with Gasteiger partial charge in [0.1, 0.15) is 6.10 Å². The summed E-state index contributed by atoms with van der Waals surface area (Å²) >= 11 is 0. The van der Waals surface area contributed by atoms with Gasteiger partial charge in [-0.15, -0.1) is 0 Å². The van der Waals surface area contributed by atoms with Crippen LogP contribution in [0.25, 0.3) is 0 Å². The molecular formula is C20H24FNO3. The lowest BCUT2D eigenvalue weighted by Crippen LogP contribution is -2.43. The van der Waals surface area contributed by atoms with Crippen molar-refractivity contribution in [1.29, 1.82) is 0 Å². The number of hydrogen-bond donors (Lipinski definition) is 1. The molecule has 1 unspecified atom stereocenters. The van der Waals surface area contributed by atoms with Gasteiger partial charge in [0.15, 0.2) is 23.4 Å². The average Bonchev–Trinajstić information content (AvgIpc) is 2.62. The second-order valence-corrected chi connectivity index (χ2v) is 6.30. The highest BCUT2D eigenvalue weighted by Gasteiger charge is 2.29. The second-order valence-electron chi connectivity index (χ2n) is 6.30. The van der Waals surface area contributed by atoms with Gasteiger partial charge in [-0.2, -0.15) is 0 Å². The van der Waals surface area contributed by atoms with Crippen molar-refractivity contribution in [2.24, 2.45) is 0 Å². The van der Waals surface area contributed by atoms with E-state index < -0.39 is 11.9 Å². The normalized spacial score (nSPS) is 18.8. The van der Waals surface area contributed by atoms with Gasteiger partial charge in [0.25, 0.3) is 0 Å². The van der Waals surface area contributed by atoms with Crippen molar-refractivity contribution in [3.8, 4) is 11.5 Å². The van der Waals surface area contributed by atoms with Crippen molar-refractivity contribution in [2.45, 2.75) is 32.2 Å². The number of para-hydroxylation sites is 1. The maximum absolute atomic E-state index is 14.5. The first kappa shape index (κ1) is 17.7. The van der Waals surface area contributed by atoms with Crippen LogP contribution in [0.15, 0.2) is 48.5 Å². The highest BCUT2D eigenvalue weighted by atomic mass is 19.1. The second kappa shape index (κ2) is 8.32. The molecule has 1 N–H and O–H groups in total. The third-order valence-corrected chi connectivity index (χ3v) is 3.96. The van der Waals surface area contributed by atoms with Crippen molar-refractivity contribution >= 4 is 0 Å². The van der Waals surface area contributed by atoms with E-state index in [0.29, 0.717) is 18.9 Å². The number of rotatable bonds is 6. The van der Waals surface area contributed by atoms with Gasteiger partial charge in [-0.1, -0.05) is 36.4 Å². The number of nitrogens with one attached hydrogen (secondary N) is 1. The Labute approximate surface area is 147 Å². The fraction of sp³-hybridized carbons (Fsp3) is 0.400. The fourth-order valence-corrected chi connectivity index (χ4v) is 2.86. The Bertz CT molecular complexity index is 672. The van der Waals surface area contributed by atoms with E-state index in [9.17, 15) is 4.39 Å². The van der Waals surface area contributed by atoms with Crippen LogP contribution in [0.3, 0.4) is 0 Å². The number of ether oxygens (including phenoxy) is 3. The quantitative estimate of drug-likeness (QED) is 0.866. The van der Waals surface area contributed by atoms with Crippen LogP contribution in [0.4, 0.5) is 4.39 Å². The highest BCUT2D eigenvalue weighted by Crippen LogP contribution is 2.36. The molecule has 1 heterocycles. The molecule has 0 radical (unpaired) electrons. The molecule has 0 aliphatic carbocycles. The van der Waals surface area contributed by atoms with E-state index >= 15 is 0 Å². The number of halogens is 1. The van der Waals surface area contributed by atoms with E-state index in [-0.39, 0.29) is 18.0 Å².